The minimum absolute atomic E-state index is 0.546. The zero-order valence-electron chi connectivity index (χ0n) is 10.4. The molecular formula is C13H16N2O2. The number of nitrogens with zero attached hydrogens (tertiary/aromatic N) is 2. The van der Waals surface area contributed by atoms with Crippen molar-refractivity contribution in [3.8, 4) is 5.88 Å². The van der Waals surface area contributed by atoms with Crippen molar-refractivity contribution in [3.63, 3.8) is 0 Å². The third kappa shape index (κ3) is 3.31. The molecule has 0 saturated carbocycles. The lowest BCUT2D eigenvalue weighted by Gasteiger charge is -2.05. The molecule has 4 nitrogen and oxygen atoms in total. The second-order valence-electron chi connectivity index (χ2n) is 4.07. The second kappa shape index (κ2) is 4.99. The van der Waals surface area contributed by atoms with E-state index in [1.165, 1.54) is 0 Å². The highest BCUT2D eigenvalue weighted by atomic mass is 16.5. The van der Waals surface area contributed by atoms with Crippen LogP contribution in [0.2, 0.25) is 0 Å². The first kappa shape index (κ1) is 11.6. The van der Waals surface area contributed by atoms with Crippen LogP contribution in [0.1, 0.15) is 22.9 Å². The summed E-state index contributed by atoms with van der Waals surface area (Å²) in [5, 5.41) is 0. The van der Waals surface area contributed by atoms with Gasteiger partial charge in [-0.3, -0.25) is 0 Å². The Morgan fingerprint density at radius 2 is 2.06 bits per heavy atom. The fourth-order valence-electron chi connectivity index (χ4n) is 1.66. The van der Waals surface area contributed by atoms with Crippen LogP contribution in [-0.2, 0) is 6.42 Å². The van der Waals surface area contributed by atoms with Crippen molar-refractivity contribution in [2.75, 3.05) is 6.61 Å². The van der Waals surface area contributed by atoms with Crippen LogP contribution in [0.4, 0.5) is 0 Å². The number of aryl methyl sites for hydroxylation is 3. The van der Waals surface area contributed by atoms with E-state index < -0.39 is 0 Å². The first-order valence-electron chi connectivity index (χ1n) is 5.63. The molecule has 4 heteroatoms. The Bertz CT molecular complexity index is 486. The summed E-state index contributed by atoms with van der Waals surface area (Å²) in [4.78, 5) is 8.33. The van der Waals surface area contributed by atoms with Gasteiger partial charge in [-0.25, -0.2) is 9.97 Å². The number of oxazole rings is 1. The highest BCUT2D eigenvalue weighted by Gasteiger charge is 2.02. The molecular weight excluding hydrogens is 216 g/mol. The van der Waals surface area contributed by atoms with Crippen LogP contribution >= 0.6 is 0 Å². The van der Waals surface area contributed by atoms with Crippen LogP contribution < -0.4 is 4.74 Å². The molecule has 0 atom stereocenters. The van der Waals surface area contributed by atoms with E-state index in [9.17, 15) is 0 Å². The molecule has 2 aromatic rings. The van der Waals surface area contributed by atoms with E-state index in [0.29, 0.717) is 24.8 Å². The number of aromatic nitrogens is 2. The van der Waals surface area contributed by atoms with Gasteiger partial charge in [-0.15, -0.1) is 0 Å². The van der Waals surface area contributed by atoms with Crippen molar-refractivity contribution in [3.05, 3.63) is 41.2 Å². The molecule has 0 fully saturated rings. The van der Waals surface area contributed by atoms with Crippen molar-refractivity contribution in [2.24, 2.45) is 0 Å². The molecule has 0 aliphatic rings. The van der Waals surface area contributed by atoms with E-state index in [1.807, 2.05) is 32.9 Å². The van der Waals surface area contributed by atoms with Gasteiger partial charge in [0.05, 0.1) is 12.8 Å². The standard InChI is InChI=1S/C13H16N2O2/c1-9-6-10(2)15-13(7-9)16-5-4-12-8-14-11(3)17-12/h6-8H,4-5H2,1-3H3. The summed E-state index contributed by atoms with van der Waals surface area (Å²) >= 11 is 0. The molecule has 0 aromatic carbocycles. The van der Waals surface area contributed by atoms with Crippen molar-refractivity contribution in [1.82, 2.24) is 9.97 Å². The largest absolute Gasteiger partial charge is 0.477 e. The van der Waals surface area contributed by atoms with Crippen molar-refractivity contribution < 1.29 is 9.15 Å². The minimum Gasteiger partial charge on any atom is -0.477 e. The summed E-state index contributed by atoms with van der Waals surface area (Å²) in [5.41, 5.74) is 2.12. The molecule has 2 rings (SSSR count). The summed E-state index contributed by atoms with van der Waals surface area (Å²) in [7, 11) is 0. The van der Waals surface area contributed by atoms with Gasteiger partial charge in [-0.1, -0.05) is 0 Å². The maximum Gasteiger partial charge on any atom is 0.213 e. The zero-order chi connectivity index (χ0) is 12.3. The number of pyridine rings is 1. The molecule has 0 spiro atoms. The van der Waals surface area contributed by atoms with E-state index in [-0.39, 0.29) is 0 Å². The molecule has 0 N–H and O–H groups in total. The molecule has 0 unspecified atom stereocenters. The predicted molar refractivity (Wildman–Crippen MR) is 64.2 cm³/mol. The Labute approximate surface area is 101 Å². The number of hydrogen-bond donors (Lipinski definition) is 0. The quantitative estimate of drug-likeness (QED) is 0.813. The third-order valence-electron chi connectivity index (χ3n) is 2.34. The van der Waals surface area contributed by atoms with Gasteiger partial charge in [0.2, 0.25) is 5.88 Å². The van der Waals surface area contributed by atoms with E-state index in [1.54, 1.807) is 6.20 Å². The van der Waals surface area contributed by atoms with E-state index in [0.717, 1.165) is 17.0 Å². The van der Waals surface area contributed by atoms with Crippen LogP contribution in [0, 0.1) is 20.8 Å². The average Bonchev–Trinajstić information content (AvgIpc) is 2.63. The topological polar surface area (TPSA) is 48.2 Å². The summed E-state index contributed by atoms with van der Waals surface area (Å²) < 4.78 is 10.9. The Balaban J connectivity index is 1.89. The molecule has 90 valence electrons. The van der Waals surface area contributed by atoms with Gasteiger partial charge in [0, 0.05) is 25.1 Å². The molecule has 2 aromatic heterocycles. The van der Waals surface area contributed by atoms with Gasteiger partial charge in [0.25, 0.3) is 0 Å². The summed E-state index contributed by atoms with van der Waals surface area (Å²) in [6.07, 6.45) is 2.43. The highest BCUT2D eigenvalue weighted by molar-refractivity contribution is 5.23. The Kier molecular flexibility index (Phi) is 3.42. The van der Waals surface area contributed by atoms with Crippen LogP contribution in [0.3, 0.4) is 0 Å². The molecule has 0 radical (unpaired) electrons. The van der Waals surface area contributed by atoms with Crippen LogP contribution in [0.25, 0.3) is 0 Å². The minimum atomic E-state index is 0.546. The molecule has 0 amide bonds. The molecule has 17 heavy (non-hydrogen) atoms. The fraction of sp³-hybridized carbons (Fsp3) is 0.385. The second-order valence-corrected chi connectivity index (χ2v) is 4.07. The maximum atomic E-state index is 5.58. The van der Waals surface area contributed by atoms with Gasteiger partial charge in [-0.05, 0) is 25.5 Å². The Morgan fingerprint density at radius 3 is 2.71 bits per heavy atom. The molecule has 0 saturated heterocycles. The van der Waals surface area contributed by atoms with Gasteiger partial charge in [-0.2, -0.15) is 0 Å². The van der Waals surface area contributed by atoms with E-state index >= 15 is 0 Å². The smallest absolute Gasteiger partial charge is 0.213 e. The van der Waals surface area contributed by atoms with Crippen LogP contribution in [-0.4, -0.2) is 16.6 Å². The van der Waals surface area contributed by atoms with E-state index in [2.05, 4.69) is 9.97 Å². The lowest BCUT2D eigenvalue weighted by atomic mass is 10.2. The molecule has 0 bridgehead atoms. The van der Waals surface area contributed by atoms with Crippen LogP contribution in [0.5, 0.6) is 5.88 Å². The SMILES string of the molecule is Cc1cc(C)nc(OCCc2cnc(C)o2)c1. The van der Waals surface area contributed by atoms with Crippen LogP contribution in [0.15, 0.2) is 22.7 Å². The summed E-state index contributed by atoms with van der Waals surface area (Å²) in [6, 6.07) is 3.95. The summed E-state index contributed by atoms with van der Waals surface area (Å²) in [5.74, 6) is 2.19. The lowest BCUT2D eigenvalue weighted by molar-refractivity contribution is 0.296. The van der Waals surface area contributed by atoms with Gasteiger partial charge >= 0.3 is 0 Å². The molecule has 0 aliphatic heterocycles. The lowest BCUT2D eigenvalue weighted by Crippen LogP contribution is -2.02. The molecule has 0 aliphatic carbocycles. The number of hydrogen-bond acceptors (Lipinski definition) is 4. The first-order chi connectivity index (χ1) is 8.13. The van der Waals surface area contributed by atoms with E-state index in [4.69, 9.17) is 9.15 Å². The van der Waals surface area contributed by atoms with Gasteiger partial charge in [0.15, 0.2) is 5.89 Å². The normalized spacial score (nSPS) is 10.5. The molecule has 2 heterocycles. The first-order valence-corrected chi connectivity index (χ1v) is 5.63. The monoisotopic (exact) mass is 232 g/mol. The third-order valence-corrected chi connectivity index (χ3v) is 2.34. The zero-order valence-corrected chi connectivity index (χ0v) is 10.4. The number of rotatable bonds is 4. The maximum absolute atomic E-state index is 5.58. The highest BCUT2D eigenvalue weighted by Crippen LogP contribution is 2.12. The van der Waals surface area contributed by atoms with Crippen molar-refractivity contribution in [1.29, 1.82) is 0 Å². The Morgan fingerprint density at radius 1 is 1.24 bits per heavy atom. The Hall–Kier alpha value is -1.84. The number of ether oxygens (including phenoxy) is 1. The van der Waals surface area contributed by atoms with Gasteiger partial charge in [0.1, 0.15) is 5.76 Å². The fourth-order valence-corrected chi connectivity index (χ4v) is 1.66. The predicted octanol–water partition coefficient (Wildman–Crippen LogP) is 2.62. The summed E-state index contributed by atoms with van der Waals surface area (Å²) in [6.45, 7) is 6.36. The van der Waals surface area contributed by atoms with Crippen molar-refractivity contribution >= 4 is 0 Å². The average molecular weight is 232 g/mol. The van der Waals surface area contributed by atoms with Crippen molar-refractivity contribution in [2.45, 2.75) is 27.2 Å². The van der Waals surface area contributed by atoms with Gasteiger partial charge < -0.3 is 9.15 Å².